The van der Waals surface area contributed by atoms with Gasteiger partial charge in [-0.15, -0.1) is 0 Å². The standard InChI is InChI=1S/C12H8BrN3S/c13-8-1-3-9(4-2-8)17-12-6-5-10(15)11(7-14)16-12/h1-6H,15H2. The zero-order valence-corrected chi connectivity index (χ0v) is 11.1. The highest BCUT2D eigenvalue weighted by Crippen LogP contribution is 2.28. The van der Waals surface area contributed by atoms with Crippen LogP contribution in [0.15, 0.2) is 50.8 Å². The number of hydrogen-bond donors (Lipinski definition) is 1. The molecule has 0 saturated carbocycles. The Morgan fingerprint density at radius 2 is 1.88 bits per heavy atom. The molecule has 1 aromatic carbocycles. The summed E-state index contributed by atoms with van der Waals surface area (Å²) >= 11 is 4.87. The van der Waals surface area contributed by atoms with Gasteiger partial charge in [0.05, 0.1) is 5.69 Å². The fourth-order valence-electron chi connectivity index (χ4n) is 1.22. The predicted molar refractivity (Wildman–Crippen MR) is 71.6 cm³/mol. The first-order valence-electron chi connectivity index (χ1n) is 4.79. The molecule has 2 N–H and O–H groups in total. The Balaban J connectivity index is 2.25. The van der Waals surface area contributed by atoms with Gasteiger partial charge in [0.15, 0.2) is 5.69 Å². The fraction of sp³-hybridized carbons (Fsp3) is 0. The van der Waals surface area contributed by atoms with Gasteiger partial charge in [-0.25, -0.2) is 4.98 Å². The molecule has 0 unspecified atom stereocenters. The third-order valence-electron chi connectivity index (χ3n) is 2.04. The summed E-state index contributed by atoms with van der Waals surface area (Å²) in [5.74, 6) is 0. The normalized spacial score (nSPS) is 9.88. The van der Waals surface area contributed by atoms with Crippen LogP contribution in [0.5, 0.6) is 0 Å². The molecular formula is C12H8BrN3S. The minimum Gasteiger partial charge on any atom is -0.396 e. The van der Waals surface area contributed by atoms with E-state index in [0.29, 0.717) is 5.69 Å². The number of nitrogen functional groups attached to an aromatic ring is 1. The van der Waals surface area contributed by atoms with Crippen LogP contribution < -0.4 is 5.73 Å². The average Bonchev–Trinajstić information content (AvgIpc) is 2.34. The number of nitriles is 1. The lowest BCUT2D eigenvalue weighted by Crippen LogP contribution is -1.94. The number of anilines is 1. The molecule has 2 aromatic rings. The number of rotatable bonds is 2. The Bertz CT molecular complexity index is 575. The van der Waals surface area contributed by atoms with E-state index in [-0.39, 0.29) is 5.69 Å². The Labute approximate surface area is 112 Å². The van der Waals surface area contributed by atoms with Crippen LogP contribution in [0.1, 0.15) is 5.69 Å². The maximum atomic E-state index is 8.84. The summed E-state index contributed by atoms with van der Waals surface area (Å²) in [4.78, 5) is 5.24. The number of aromatic nitrogens is 1. The number of halogens is 1. The molecule has 0 radical (unpaired) electrons. The first-order valence-corrected chi connectivity index (χ1v) is 6.40. The molecule has 1 aromatic heterocycles. The van der Waals surface area contributed by atoms with Crippen LogP contribution in [0.3, 0.4) is 0 Å². The quantitative estimate of drug-likeness (QED) is 0.923. The minimum atomic E-state index is 0.270. The van der Waals surface area contributed by atoms with Crippen molar-refractivity contribution in [3.05, 3.63) is 46.6 Å². The van der Waals surface area contributed by atoms with E-state index in [4.69, 9.17) is 11.0 Å². The molecule has 17 heavy (non-hydrogen) atoms. The molecule has 3 nitrogen and oxygen atoms in total. The van der Waals surface area contributed by atoms with Gasteiger partial charge in [-0.3, -0.25) is 0 Å². The summed E-state index contributed by atoms with van der Waals surface area (Å²) < 4.78 is 1.03. The van der Waals surface area contributed by atoms with Gasteiger partial charge in [-0.1, -0.05) is 27.7 Å². The maximum absolute atomic E-state index is 8.84. The molecule has 0 saturated heterocycles. The van der Waals surface area contributed by atoms with E-state index >= 15 is 0 Å². The second-order valence-electron chi connectivity index (χ2n) is 3.26. The van der Waals surface area contributed by atoms with Gasteiger partial charge in [-0.05, 0) is 36.4 Å². The minimum absolute atomic E-state index is 0.270. The van der Waals surface area contributed by atoms with Crippen molar-refractivity contribution < 1.29 is 0 Å². The van der Waals surface area contributed by atoms with Crippen LogP contribution in [-0.4, -0.2) is 4.98 Å². The summed E-state index contributed by atoms with van der Waals surface area (Å²) in [6.45, 7) is 0. The highest BCUT2D eigenvalue weighted by atomic mass is 79.9. The van der Waals surface area contributed by atoms with E-state index in [1.807, 2.05) is 36.4 Å². The average molecular weight is 306 g/mol. The molecule has 0 atom stereocenters. The van der Waals surface area contributed by atoms with Crippen molar-refractivity contribution in [2.24, 2.45) is 0 Å². The molecule has 0 spiro atoms. The largest absolute Gasteiger partial charge is 0.396 e. The molecule has 84 valence electrons. The maximum Gasteiger partial charge on any atom is 0.164 e. The number of nitrogens with two attached hydrogens (primary N) is 1. The van der Waals surface area contributed by atoms with Crippen LogP contribution in [-0.2, 0) is 0 Å². The van der Waals surface area contributed by atoms with E-state index in [1.165, 1.54) is 11.8 Å². The van der Waals surface area contributed by atoms with Crippen LogP contribution in [0.2, 0.25) is 0 Å². The van der Waals surface area contributed by atoms with Crippen LogP contribution in [0.4, 0.5) is 5.69 Å². The zero-order chi connectivity index (χ0) is 12.3. The molecule has 0 aliphatic rings. The predicted octanol–water partition coefficient (Wildman–Crippen LogP) is 3.45. The van der Waals surface area contributed by atoms with E-state index in [9.17, 15) is 0 Å². The van der Waals surface area contributed by atoms with Gasteiger partial charge in [-0.2, -0.15) is 5.26 Å². The van der Waals surface area contributed by atoms with Crippen LogP contribution in [0.25, 0.3) is 0 Å². The summed E-state index contributed by atoms with van der Waals surface area (Å²) in [5.41, 5.74) is 6.29. The lowest BCUT2D eigenvalue weighted by Gasteiger charge is -2.02. The Hall–Kier alpha value is -1.51. The molecule has 0 aliphatic heterocycles. The topological polar surface area (TPSA) is 62.7 Å². The monoisotopic (exact) mass is 305 g/mol. The van der Waals surface area contributed by atoms with E-state index in [0.717, 1.165) is 14.4 Å². The first kappa shape index (κ1) is 12.0. The molecule has 0 aliphatic carbocycles. The number of pyridine rings is 1. The molecule has 1 heterocycles. The molecule has 2 rings (SSSR count). The van der Waals surface area contributed by atoms with Crippen molar-refractivity contribution in [1.82, 2.24) is 4.98 Å². The Morgan fingerprint density at radius 1 is 1.18 bits per heavy atom. The third-order valence-corrected chi connectivity index (χ3v) is 3.52. The van der Waals surface area contributed by atoms with Crippen molar-refractivity contribution >= 4 is 33.4 Å². The van der Waals surface area contributed by atoms with Crippen molar-refractivity contribution in [2.45, 2.75) is 9.92 Å². The van der Waals surface area contributed by atoms with Crippen LogP contribution >= 0.6 is 27.7 Å². The number of nitrogens with zero attached hydrogens (tertiary/aromatic N) is 2. The fourth-order valence-corrected chi connectivity index (χ4v) is 2.27. The molecular weight excluding hydrogens is 298 g/mol. The van der Waals surface area contributed by atoms with Gasteiger partial charge in [0.2, 0.25) is 0 Å². The first-order chi connectivity index (χ1) is 8.19. The highest BCUT2D eigenvalue weighted by molar-refractivity contribution is 9.10. The van der Waals surface area contributed by atoms with Crippen LogP contribution in [0, 0.1) is 11.3 Å². The van der Waals surface area contributed by atoms with Crippen molar-refractivity contribution in [2.75, 3.05) is 5.73 Å². The van der Waals surface area contributed by atoms with Gasteiger partial charge in [0.1, 0.15) is 11.1 Å². The van der Waals surface area contributed by atoms with Gasteiger partial charge >= 0.3 is 0 Å². The van der Waals surface area contributed by atoms with Crippen molar-refractivity contribution in [3.8, 4) is 6.07 Å². The number of benzene rings is 1. The summed E-state index contributed by atoms with van der Waals surface area (Å²) in [6, 6.07) is 13.4. The lowest BCUT2D eigenvalue weighted by atomic mass is 10.3. The smallest absolute Gasteiger partial charge is 0.164 e. The second-order valence-corrected chi connectivity index (χ2v) is 5.26. The molecule has 5 heteroatoms. The molecule has 0 bridgehead atoms. The van der Waals surface area contributed by atoms with Crippen molar-refractivity contribution in [1.29, 1.82) is 5.26 Å². The lowest BCUT2D eigenvalue weighted by molar-refractivity contribution is 1.11. The number of hydrogen-bond acceptors (Lipinski definition) is 4. The van der Waals surface area contributed by atoms with E-state index in [1.54, 1.807) is 6.07 Å². The highest BCUT2D eigenvalue weighted by Gasteiger charge is 2.03. The summed E-state index contributed by atoms with van der Waals surface area (Å²) in [6.07, 6.45) is 0. The SMILES string of the molecule is N#Cc1nc(Sc2ccc(Br)cc2)ccc1N. The van der Waals surface area contributed by atoms with Crippen molar-refractivity contribution in [3.63, 3.8) is 0 Å². The second kappa shape index (κ2) is 5.21. The van der Waals surface area contributed by atoms with E-state index < -0.39 is 0 Å². The Morgan fingerprint density at radius 3 is 2.53 bits per heavy atom. The van der Waals surface area contributed by atoms with Gasteiger partial charge in [0.25, 0.3) is 0 Å². The molecule has 0 amide bonds. The molecule has 0 fully saturated rings. The van der Waals surface area contributed by atoms with Gasteiger partial charge in [0, 0.05) is 9.37 Å². The third kappa shape index (κ3) is 2.99. The van der Waals surface area contributed by atoms with Gasteiger partial charge < -0.3 is 5.73 Å². The Kier molecular flexibility index (Phi) is 3.67. The van der Waals surface area contributed by atoms with E-state index in [2.05, 4.69) is 20.9 Å². The summed E-state index contributed by atoms with van der Waals surface area (Å²) in [7, 11) is 0. The summed E-state index contributed by atoms with van der Waals surface area (Å²) in [5, 5.41) is 9.60. The zero-order valence-electron chi connectivity index (χ0n) is 8.72.